The predicted octanol–water partition coefficient (Wildman–Crippen LogP) is 5.82. The summed E-state index contributed by atoms with van der Waals surface area (Å²) in [5.74, 6) is -0.481. The second-order valence-electron chi connectivity index (χ2n) is 9.46. The number of halogens is 2. The number of nitrogens with zero attached hydrogens (tertiary/aromatic N) is 2. The van der Waals surface area contributed by atoms with Crippen molar-refractivity contribution >= 4 is 50.7 Å². The molecule has 0 radical (unpaired) electrons. The number of sulfonamides is 1. The van der Waals surface area contributed by atoms with Crippen LogP contribution in [0, 0.1) is 0 Å². The van der Waals surface area contributed by atoms with Crippen molar-refractivity contribution in [3.8, 4) is 0 Å². The molecule has 0 aliphatic heterocycles. The Bertz CT molecular complexity index is 1190. The first-order chi connectivity index (χ1) is 17.9. The summed E-state index contributed by atoms with van der Waals surface area (Å²) in [7, 11) is -3.55. The molecule has 2 rings (SSSR count). The van der Waals surface area contributed by atoms with Crippen LogP contribution in [0.2, 0.25) is 10.0 Å². The number of amides is 2. The van der Waals surface area contributed by atoms with E-state index < -0.39 is 16.1 Å². The van der Waals surface area contributed by atoms with Crippen LogP contribution in [-0.4, -0.2) is 50.0 Å². The van der Waals surface area contributed by atoms with Gasteiger partial charge in [0.05, 0.1) is 11.9 Å². The molecule has 0 spiro atoms. The van der Waals surface area contributed by atoms with E-state index in [4.69, 9.17) is 23.2 Å². The Morgan fingerprint density at radius 1 is 1.00 bits per heavy atom. The monoisotopic (exact) mass is 583 g/mol. The molecular formula is C28H39Cl2N3O4S. The molecule has 0 bridgehead atoms. The van der Waals surface area contributed by atoms with Gasteiger partial charge in [-0.05, 0) is 68.0 Å². The summed E-state index contributed by atoms with van der Waals surface area (Å²) >= 11 is 12.5. The van der Waals surface area contributed by atoms with Gasteiger partial charge in [-0.1, -0.05) is 62.2 Å². The molecule has 2 amide bonds. The van der Waals surface area contributed by atoms with Gasteiger partial charge >= 0.3 is 0 Å². The van der Waals surface area contributed by atoms with Crippen LogP contribution >= 0.6 is 23.2 Å². The molecule has 10 heteroatoms. The van der Waals surface area contributed by atoms with Crippen molar-refractivity contribution in [2.45, 2.75) is 78.4 Å². The summed E-state index contributed by atoms with van der Waals surface area (Å²) in [5.41, 5.74) is 2.34. The molecule has 7 nitrogen and oxygen atoms in total. The Morgan fingerprint density at radius 3 is 2.18 bits per heavy atom. The zero-order valence-corrected chi connectivity index (χ0v) is 25.2. The summed E-state index contributed by atoms with van der Waals surface area (Å²) in [4.78, 5) is 28.2. The maximum absolute atomic E-state index is 13.5. The maximum atomic E-state index is 13.5. The minimum absolute atomic E-state index is 0.0324. The summed E-state index contributed by atoms with van der Waals surface area (Å²) in [6.45, 7) is 8.06. The fourth-order valence-electron chi connectivity index (χ4n) is 4.10. The highest BCUT2D eigenvalue weighted by Crippen LogP contribution is 2.25. The molecule has 0 aliphatic rings. The van der Waals surface area contributed by atoms with Gasteiger partial charge in [0, 0.05) is 35.6 Å². The van der Waals surface area contributed by atoms with Crippen molar-refractivity contribution in [3.63, 3.8) is 0 Å². The van der Waals surface area contributed by atoms with Gasteiger partial charge in [-0.2, -0.15) is 0 Å². The standard InChI is InChI=1S/C28H39Cl2N3O4S/c1-6-20(4)31-28(35)26(8-3)32(19-22-13-14-23(29)18-25(22)30)27(34)10-9-17-33(38(5,36)37)24-15-11-21(7-2)12-16-24/h11-16,18,20,26H,6-10,17,19H2,1-5H3,(H,31,35)/t20-,26-/m0/s1. The van der Waals surface area contributed by atoms with Crippen molar-refractivity contribution in [3.05, 3.63) is 63.6 Å². The molecular weight excluding hydrogens is 545 g/mol. The first-order valence-corrected chi connectivity index (χ1v) is 15.6. The minimum atomic E-state index is -3.55. The molecule has 0 unspecified atom stereocenters. The highest BCUT2D eigenvalue weighted by atomic mass is 35.5. The van der Waals surface area contributed by atoms with Crippen LogP contribution in [0.1, 0.15) is 64.5 Å². The van der Waals surface area contributed by atoms with Crippen molar-refractivity contribution in [2.24, 2.45) is 0 Å². The summed E-state index contributed by atoms with van der Waals surface area (Å²) in [5, 5.41) is 3.86. The van der Waals surface area contributed by atoms with Crippen LogP contribution in [0.25, 0.3) is 0 Å². The summed E-state index contributed by atoms with van der Waals surface area (Å²) in [6, 6.07) is 11.7. The van der Waals surface area contributed by atoms with Crippen molar-refractivity contribution in [1.29, 1.82) is 0 Å². The molecule has 38 heavy (non-hydrogen) atoms. The molecule has 2 atom stereocenters. The highest BCUT2D eigenvalue weighted by Gasteiger charge is 2.30. The van der Waals surface area contributed by atoms with E-state index in [-0.39, 0.29) is 43.8 Å². The van der Waals surface area contributed by atoms with Gasteiger partial charge in [-0.25, -0.2) is 8.42 Å². The third-order valence-corrected chi connectivity index (χ3v) is 8.31. The molecule has 210 valence electrons. The zero-order valence-electron chi connectivity index (χ0n) is 22.8. The average Bonchev–Trinajstić information content (AvgIpc) is 2.86. The number of rotatable bonds is 14. The predicted molar refractivity (Wildman–Crippen MR) is 156 cm³/mol. The molecule has 0 fully saturated rings. The van der Waals surface area contributed by atoms with Gasteiger partial charge in [0.1, 0.15) is 6.04 Å². The lowest BCUT2D eigenvalue weighted by atomic mass is 10.1. The van der Waals surface area contributed by atoms with Gasteiger partial charge in [0.25, 0.3) is 0 Å². The van der Waals surface area contributed by atoms with Gasteiger partial charge in [0.2, 0.25) is 21.8 Å². The zero-order chi connectivity index (χ0) is 28.5. The topological polar surface area (TPSA) is 86.8 Å². The molecule has 0 aromatic heterocycles. The lowest BCUT2D eigenvalue weighted by Crippen LogP contribution is -2.50. The smallest absolute Gasteiger partial charge is 0.243 e. The second-order valence-corrected chi connectivity index (χ2v) is 12.2. The summed E-state index contributed by atoms with van der Waals surface area (Å²) in [6.07, 6.45) is 3.54. The molecule has 0 aliphatic carbocycles. The molecule has 0 saturated carbocycles. The van der Waals surface area contributed by atoms with E-state index in [1.165, 1.54) is 9.21 Å². The lowest BCUT2D eigenvalue weighted by Gasteiger charge is -2.32. The van der Waals surface area contributed by atoms with E-state index in [2.05, 4.69) is 5.32 Å². The number of anilines is 1. The number of aryl methyl sites for hydroxylation is 1. The van der Waals surface area contributed by atoms with Crippen molar-refractivity contribution < 1.29 is 18.0 Å². The van der Waals surface area contributed by atoms with Gasteiger partial charge in [0.15, 0.2) is 0 Å². The van der Waals surface area contributed by atoms with Gasteiger partial charge in [-0.3, -0.25) is 13.9 Å². The third kappa shape index (κ3) is 9.17. The first-order valence-electron chi connectivity index (χ1n) is 13.0. The van der Waals surface area contributed by atoms with E-state index in [1.807, 2.05) is 39.8 Å². The van der Waals surface area contributed by atoms with E-state index >= 15 is 0 Å². The molecule has 1 N–H and O–H groups in total. The molecule has 2 aromatic carbocycles. The van der Waals surface area contributed by atoms with Crippen LogP contribution in [-0.2, 0) is 32.6 Å². The Hall–Kier alpha value is -2.29. The second kappa shape index (κ2) is 14.8. The number of carbonyl (C=O) groups excluding carboxylic acids is 2. The largest absolute Gasteiger partial charge is 0.352 e. The van der Waals surface area contributed by atoms with Crippen LogP contribution in [0.4, 0.5) is 5.69 Å². The lowest BCUT2D eigenvalue weighted by molar-refractivity contribution is -0.141. The van der Waals surface area contributed by atoms with Crippen molar-refractivity contribution in [2.75, 3.05) is 17.1 Å². The van der Waals surface area contributed by atoms with E-state index in [0.29, 0.717) is 27.7 Å². The SMILES string of the molecule is CCc1ccc(N(CCCC(=O)N(Cc2ccc(Cl)cc2Cl)[C@@H](CC)C(=O)N[C@@H](C)CC)S(C)(=O)=O)cc1. The Morgan fingerprint density at radius 2 is 1.66 bits per heavy atom. The van der Waals surface area contributed by atoms with Crippen LogP contribution in [0.15, 0.2) is 42.5 Å². The fraction of sp³-hybridized carbons (Fsp3) is 0.500. The van der Waals surface area contributed by atoms with Crippen LogP contribution in [0.5, 0.6) is 0 Å². The molecule has 0 heterocycles. The molecule has 0 saturated heterocycles. The van der Waals surface area contributed by atoms with E-state index in [1.54, 1.807) is 30.3 Å². The average molecular weight is 585 g/mol. The van der Waals surface area contributed by atoms with E-state index in [0.717, 1.165) is 24.7 Å². The highest BCUT2D eigenvalue weighted by molar-refractivity contribution is 7.92. The number of carbonyl (C=O) groups is 2. The van der Waals surface area contributed by atoms with Crippen LogP contribution < -0.4 is 9.62 Å². The number of benzene rings is 2. The maximum Gasteiger partial charge on any atom is 0.243 e. The number of hydrogen-bond donors (Lipinski definition) is 1. The van der Waals surface area contributed by atoms with Crippen molar-refractivity contribution in [1.82, 2.24) is 10.2 Å². The van der Waals surface area contributed by atoms with Gasteiger partial charge < -0.3 is 10.2 Å². The van der Waals surface area contributed by atoms with E-state index in [9.17, 15) is 18.0 Å². The minimum Gasteiger partial charge on any atom is -0.352 e. The third-order valence-electron chi connectivity index (χ3n) is 6.53. The van der Waals surface area contributed by atoms with Gasteiger partial charge in [-0.15, -0.1) is 0 Å². The first kappa shape index (κ1) is 31.9. The Balaban J connectivity index is 2.25. The molecule has 2 aromatic rings. The van der Waals surface area contributed by atoms with Crippen LogP contribution in [0.3, 0.4) is 0 Å². The number of hydrogen-bond acceptors (Lipinski definition) is 4. The quantitative estimate of drug-likeness (QED) is 0.303. The Labute approximate surface area is 237 Å². The Kier molecular flexibility index (Phi) is 12.4. The fourth-order valence-corrected chi connectivity index (χ4v) is 5.53. The normalized spacial score (nSPS) is 13.0. The summed E-state index contributed by atoms with van der Waals surface area (Å²) < 4.78 is 26.4. The number of nitrogens with one attached hydrogen (secondary N) is 1.